The normalized spacial score (nSPS) is 11.0. The number of H-pyrrole nitrogens is 1. The Morgan fingerprint density at radius 3 is 2.71 bits per heavy atom. The van der Waals surface area contributed by atoms with Crippen LogP contribution in [0.25, 0.3) is 11.2 Å². The van der Waals surface area contributed by atoms with Gasteiger partial charge in [-0.1, -0.05) is 22.0 Å². The fourth-order valence-electron chi connectivity index (χ4n) is 2.09. The van der Waals surface area contributed by atoms with Crippen molar-refractivity contribution >= 4 is 38.7 Å². The third-order valence-electron chi connectivity index (χ3n) is 3.18. The minimum absolute atomic E-state index is 0.289. The molecule has 0 aliphatic carbocycles. The Hall–Kier alpha value is -2.35. The summed E-state index contributed by atoms with van der Waals surface area (Å²) in [7, 11) is 3.01. The number of anilines is 2. The highest BCUT2D eigenvalue weighted by atomic mass is 79.9. The molecule has 0 saturated heterocycles. The molecule has 0 aliphatic rings. The number of rotatable bonds is 2. The second kappa shape index (κ2) is 4.88. The van der Waals surface area contributed by atoms with Crippen molar-refractivity contribution in [3.63, 3.8) is 0 Å². The summed E-state index contributed by atoms with van der Waals surface area (Å²) >= 11 is 3.38. The van der Waals surface area contributed by atoms with E-state index in [0.717, 1.165) is 14.7 Å². The van der Waals surface area contributed by atoms with Gasteiger partial charge in [-0.3, -0.25) is 13.9 Å². The maximum Gasteiger partial charge on any atom is 0.332 e. The van der Waals surface area contributed by atoms with Gasteiger partial charge in [-0.25, -0.2) is 4.79 Å². The van der Waals surface area contributed by atoms with Crippen LogP contribution in [0.3, 0.4) is 0 Å². The first kappa shape index (κ1) is 13.6. The van der Waals surface area contributed by atoms with Gasteiger partial charge in [0, 0.05) is 24.3 Å². The van der Waals surface area contributed by atoms with E-state index in [4.69, 9.17) is 0 Å². The molecule has 7 nitrogen and oxygen atoms in total. The van der Waals surface area contributed by atoms with Crippen LogP contribution < -0.4 is 16.6 Å². The maximum atomic E-state index is 12.1. The summed E-state index contributed by atoms with van der Waals surface area (Å²) in [5.74, 6) is 0.404. The molecule has 0 aliphatic heterocycles. The Balaban J connectivity index is 2.14. The molecule has 108 valence electrons. The first-order valence-electron chi connectivity index (χ1n) is 6.15. The smallest absolute Gasteiger partial charge is 0.326 e. The topological polar surface area (TPSA) is 84.7 Å². The van der Waals surface area contributed by atoms with Crippen molar-refractivity contribution in [3.8, 4) is 0 Å². The zero-order chi connectivity index (χ0) is 15.1. The molecule has 1 aromatic carbocycles. The predicted molar refractivity (Wildman–Crippen MR) is 84.0 cm³/mol. The van der Waals surface area contributed by atoms with Crippen LogP contribution in [0.1, 0.15) is 0 Å². The molecule has 2 N–H and O–H groups in total. The predicted octanol–water partition coefficient (Wildman–Crippen LogP) is 1.47. The lowest BCUT2D eigenvalue weighted by atomic mass is 10.3. The number of hydrogen-bond donors (Lipinski definition) is 2. The molecule has 0 bridgehead atoms. The molecule has 3 aromatic rings. The molecule has 8 heteroatoms. The minimum atomic E-state index is -0.409. The lowest BCUT2D eigenvalue weighted by Gasteiger charge is -2.02. The van der Waals surface area contributed by atoms with Crippen molar-refractivity contribution in [2.45, 2.75) is 0 Å². The van der Waals surface area contributed by atoms with Crippen molar-refractivity contribution in [1.29, 1.82) is 0 Å². The summed E-state index contributed by atoms with van der Waals surface area (Å²) < 4.78 is 3.30. The number of halogens is 1. The van der Waals surface area contributed by atoms with E-state index in [1.54, 1.807) is 7.05 Å². The van der Waals surface area contributed by atoms with Crippen molar-refractivity contribution in [1.82, 2.24) is 19.1 Å². The zero-order valence-electron chi connectivity index (χ0n) is 11.3. The van der Waals surface area contributed by atoms with Gasteiger partial charge in [0.15, 0.2) is 11.2 Å². The fraction of sp³-hybridized carbons (Fsp3) is 0.154. The number of nitrogens with one attached hydrogen (secondary N) is 2. The number of aryl methyl sites for hydroxylation is 1. The van der Waals surface area contributed by atoms with E-state index < -0.39 is 11.2 Å². The van der Waals surface area contributed by atoms with Crippen molar-refractivity contribution in [2.75, 3.05) is 5.32 Å². The summed E-state index contributed by atoms with van der Waals surface area (Å²) in [5.41, 5.74) is 0.610. The van der Waals surface area contributed by atoms with Gasteiger partial charge in [0.2, 0.25) is 5.95 Å². The van der Waals surface area contributed by atoms with E-state index in [1.807, 2.05) is 24.3 Å². The summed E-state index contributed by atoms with van der Waals surface area (Å²) in [5, 5.41) is 3.07. The van der Waals surface area contributed by atoms with Crippen LogP contribution in [0.4, 0.5) is 11.6 Å². The first-order chi connectivity index (χ1) is 9.97. The Morgan fingerprint density at radius 2 is 2.00 bits per heavy atom. The van der Waals surface area contributed by atoms with Crippen LogP contribution in [-0.4, -0.2) is 19.1 Å². The van der Waals surface area contributed by atoms with E-state index in [2.05, 4.69) is 31.2 Å². The number of nitrogens with zero attached hydrogens (tertiary/aromatic N) is 3. The quantitative estimate of drug-likeness (QED) is 0.733. The molecule has 21 heavy (non-hydrogen) atoms. The molecule has 2 aromatic heterocycles. The molecule has 0 atom stereocenters. The summed E-state index contributed by atoms with van der Waals surface area (Å²) in [6, 6.07) is 7.53. The number of hydrogen-bond acceptors (Lipinski definition) is 4. The first-order valence-corrected chi connectivity index (χ1v) is 6.95. The lowest BCUT2D eigenvalue weighted by Crippen LogP contribution is -2.36. The van der Waals surface area contributed by atoms with E-state index in [-0.39, 0.29) is 5.52 Å². The van der Waals surface area contributed by atoms with Crippen molar-refractivity contribution in [2.24, 2.45) is 14.1 Å². The number of imidazole rings is 1. The largest absolute Gasteiger partial charge is 0.332 e. The summed E-state index contributed by atoms with van der Waals surface area (Å²) in [6.45, 7) is 0. The third kappa shape index (κ3) is 2.27. The summed E-state index contributed by atoms with van der Waals surface area (Å²) in [6.07, 6.45) is 0. The van der Waals surface area contributed by atoms with Gasteiger partial charge in [-0.05, 0) is 18.2 Å². The average Bonchev–Trinajstić information content (AvgIpc) is 2.87. The Bertz CT molecular complexity index is 953. The molecular weight excluding hydrogens is 338 g/mol. The van der Waals surface area contributed by atoms with Crippen LogP contribution in [0.2, 0.25) is 0 Å². The zero-order valence-corrected chi connectivity index (χ0v) is 12.9. The number of benzene rings is 1. The molecule has 0 amide bonds. The van der Waals surface area contributed by atoms with Gasteiger partial charge in [0.1, 0.15) is 0 Å². The van der Waals surface area contributed by atoms with Crippen LogP contribution in [0, 0.1) is 0 Å². The van der Waals surface area contributed by atoms with Gasteiger partial charge in [-0.2, -0.15) is 4.98 Å². The summed E-state index contributed by atoms with van der Waals surface area (Å²) in [4.78, 5) is 31.1. The van der Waals surface area contributed by atoms with Crippen LogP contribution in [-0.2, 0) is 14.1 Å². The molecule has 2 heterocycles. The van der Waals surface area contributed by atoms with Gasteiger partial charge in [0.25, 0.3) is 5.56 Å². The SMILES string of the molecule is Cn1c(=O)c2[nH]c(Nc3cccc(Br)c3)nc2n(C)c1=O. The van der Waals surface area contributed by atoms with E-state index in [1.165, 1.54) is 11.6 Å². The standard InChI is InChI=1S/C13H12BrN5O2/c1-18-10-9(11(20)19(2)13(18)21)16-12(17-10)15-8-5-3-4-7(14)6-8/h3-6H,1-2H3,(H2,15,16,17). The van der Waals surface area contributed by atoms with Crippen LogP contribution in [0.15, 0.2) is 38.3 Å². The van der Waals surface area contributed by atoms with Gasteiger partial charge in [0.05, 0.1) is 0 Å². The number of fused-ring (bicyclic) bond motifs is 1. The van der Waals surface area contributed by atoms with Crippen LogP contribution >= 0.6 is 15.9 Å². The minimum Gasteiger partial charge on any atom is -0.326 e. The maximum absolute atomic E-state index is 12.1. The molecule has 0 unspecified atom stereocenters. The molecule has 0 fully saturated rings. The molecule has 0 spiro atoms. The third-order valence-corrected chi connectivity index (χ3v) is 3.68. The Morgan fingerprint density at radius 1 is 1.24 bits per heavy atom. The van der Waals surface area contributed by atoms with E-state index in [9.17, 15) is 9.59 Å². The Labute approximate surface area is 127 Å². The van der Waals surface area contributed by atoms with Gasteiger partial charge >= 0.3 is 5.69 Å². The molecule has 0 radical (unpaired) electrons. The molecule has 0 saturated carbocycles. The van der Waals surface area contributed by atoms with Crippen molar-refractivity contribution < 1.29 is 0 Å². The second-order valence-corrected chi connectivity index (χ2v) is 5.54. The average molecular weight is 350 g/mol. The second-order valence-electron chi connectivity index (χ2n) is 4.63. The van der Waals surface area contributed by atoms with Crippen LogP contribution in [0.5, 0.6) is 0 Å². The van der Waals surface area contributed by atoms with E-state index in [0.29, 0.717) is 11.6 Å². The number of aromatic nitrogens is 4. The number of aromatic amines is 1. The van der Waals surface area contributed by atoms with Gasteiger partial charge in [-0.15, -0.1) is 0 Å². The highest BCUT2D eigenvalue weighted by Crippen LogP contribution is 2.19. The lowest BCUT2D eigenvalue weighted by molar-refractivity contribution is 0.709. The highest BCUT2D eigenvalue weighted by molar-refractivity contribution is 9.10. The van der Waals surface area contributed by atoms with Gasteiger partial charge < -0.3 is 10.3 Å². The molecule has 3 rings (SSSR count). The fourth-order valence-corrected chi connectivity index (χ4v) is 2.49. The molecular formula is C13H12BrN5O2. The monoisotopic (exact) mass is 349 g/mol. The van der Waals surface area contributed by atoms with E-state index >= 15 is 0 Å². The highest BCUT2D eigenvalue weighted by Gasteiger charge is 2.13. The Kier molecular flexibility index (Phi) is 3.17. The van der Waals surface area contributed by atoms with Crippen molar-refractivity contribution in [3.05, 3.63) is 49.6 Å².